The van der Waals surface area contributed by atoms with E-state index < -0.39 is 0 Å². The molecule has 0 bridgehead atoms. The number of aromatic nitrogens is 2. The van der Waals surface area contributed by atoms with Gasteiger partial charge in [-0.15, -0.1) is 0 Å². The van der Waals surface area contributed by atoms with E-state index in [9.17, 15) is 9.59 Å². The lowest BCUT2D eigenvalue weighted by molar-refractivity contribution is -0.121. The fourth-order valence-electron chi connectivity index (χ4n) is 1.31. The van der Waals surface area contributed by atoms with Gasteiger partial charge in [-0.05, 0) is 29.3 Å². The molecule has 0 fully saturated rings. The minimum absolute atomic E-state index is 0.0301. The molecule has 0 saturated carbocycles. The second kappa shape index (κ2) is 7.27. The number of hydrogen-bond acceptors (Lipinski definition) is 4. The normalized spacial score (nSPS) is 10.4. The van der Waals surface area contributed by atoms with Crippen LogP contribution in [0.15, 0.2) is 15.6 Å². The molecule has 0 radical (unpaired) electrons. The predicted octanol–water partition coefficient (Wildman–Crippen LogP) is 0.467. The summed E-state index contributed by atoms with van der Waals surface area (Å²) in [7, 11) is 1.61. The van der Waals surface area contributed by atoms with E-state index in [-0.39, 0.29) is 18.0 Å². The molecular weight excluding hydrogens is 302 g/mol. The van der Waals surface area contributed by atoms with Crippen molar-refractivity contribution in [1.29, 1.82) is 0 Å². The molecule has 100 valence electrons. The van der Waals surface area contributed by atoms with Crippen LogP contribution in [0.4, 0.5) is 0 Å². The summed E-state index contributed by atoms with van der Waals surface area (Å²) in [5, 5.41) is 2.71. The van der Waals surface area contributed by atoms with Gasteiger partial charge in [-0.3, -0.25) is 14.2 Å². The van der Waals surface area contributed by atoms with Crippen molar-refractivity contribution in [3.8, 4) is 0 Å². The molecule has 0 aromatic carbocycles. The maximum atomic E-state index is 11.8. The highest BCUT2D eigenvalue weighted by molar-refractivity contribution is 9.10. The first kappa shape index (κ1) is 14.8. The maximum absolute atomic E-state index is 11.8. The van der Waals surface area contributed by atoms with Crippen LogP contribution in [0.25, 0.3) is 0 Å². The minimum Gasteiger partial charge on any atom is -0.385 e. The molecule has 0 saturated heterocycles. The van der Waals surface area contributed by atoms with E-state index in [4.69, 9.17) is 4.74 Å². The van der Waals surface area contributed by atoms with Crippen LogP contribution in [0.5, 0.6) is 0 Å². The zero-order valence-corrected chi connectivity index (χ0v) is 12.0. The maximum Gasteiger partial charge on any atom is 0.268 e. The molecule has 18 heavy (non-hydrogen) atoms. The largest absolute Gasteiger partial charge is 0.385 e. The zero-order valence-electron chi connectivity index (χ0n) is 10.4. The lowest BCUT2D eigenvalue weighted by Gasteiger charge is -2.07. The Morgan fingerprint density at radius 2 is 2.33 bits per heavy atom. The SMILES string of the molecule is COCCCNC(=O)Cn1cnc(C)c(Br)c1=O. The van der Waals surface area contributed by atoms with Crippen LogP contribution in [-0.2, 0) is 16.1 Å². The van der Waals surface area contributed by atoms with Crippen molar-refractivity contribution in [2.24, 2.45) is 0 Å². The molecule has 1 aromatic heterocycles. The summed E-state index contributed by atoms with van der Waals surface area (Å²) in [4.78, 5) is 27.4. The fourth-order valence-corrected chi connectivity index (χ4v) is 1.64. The topological polar surface area (TPSA) is 73.2 Å². The number of ether oxygens (including phenoxy) is 1. The highest BCUT2D eigenvalue weighted by Gasteiger charge is 2.08. The number of nitrogens with zero attached hydrogens (tertiary/aromatic N) is 2. The first-order valence-electron chi connectivity index (χ1n) is 5.53. The summed E-state index contributed by atoms with van der Waals surface area (Å²) in [6, 6.07) is 0. The molecule has 1 rings (SSSR count). The Bertz CT molecular complexity index is 473. The van der Waals surface area contributed by atoms with Gasteiger partial charge in [0.05, 0.1) is 12.0 Å². The first-order chi connectivity index (χ1) is 8.56. The molecule has 1 N–H and O–H groups in total. The Kier molecular flexibility index (Phi) is 6.00. The van der Waals surface area contributed by atoms with Crippen molar-refractivity contribution >= 4 is 21.8 Å². The third-order valence-electron chi connectivity index (χ3n) is 2.32. The Hall–Kier alpha value is -1.21. The number of methoxy groups -OCH3 is 1. The van der Waals surface area contributed by atoms with E-state index in [1.807, 2.05) is 0 Å². The van der Waals surface area contributed by atoms with Crippen LogP contribution in [-0.4, -0.2) is 35.7 Å². The minimum atomic E-state index is -0.255. The van der Waals surface area contributed by atoms with Crippen molar-refractivity contribution in [2.45, 2.75) is 19.9 Å². The third-order valence-corrected chi connectivity index (χ3v) is 3.23. The van der Waals surface area contributed by atoms with E-state index in [0.717, 1.165) is 6.42 Å². The Morgan fingerprint density at radius 3 is 3.00 bits per heavy atom. The van der Waals surface area contributed by atoms with Crippen LogP contribution in [0, 0.1) is 6.92 Å². The Balaban J connectivity index is 2.55. The molecule has 0 spiro atoms. The molecule has 1 heterocycles. The molecule has 7 heteroatoms. The van der Waals surface area contributed by atoms with Crippen LogP contribution < -0.4 is 10.9 Å². The van der Waals surface area contributed by atoms with Crippen molar-refractivity contribution in [3.63, 3.8) is 0 Å². The second-order valence-corrected chi connectivity index (χ2v) is 4.57. The predicted molar refractivity (Wildman–Crippen MR) is 70.4 cm³/mol. The number of nitrogens with one attached hydrogen (secondary N) is 1. The average Bonchev–Trinajstić information content (AvgIpc) is 2.35. The monoisotopic (exact) mass is 317 g/mol. The summed E-state index contributed by atoms with van der Waals surface area (Å²) >= 11 is 3.15. The van der Waals surface area contributed by atoms with E-state index in [2.05, 4.69) is 26.2 Å². The number of hydrogen-bond donors (Lipinski definition) is 1. The summed E-state index contributed by atoms with van der Waals surface area (Å²) in [6.07, 6.45) is 2.12. The molecule has 1 aromatic rings. The number of amides is 1. The molecule has 0 unspecified atom stereocenters. The van der Waals surface area contributed by atoms with Gasteiger partial charge in [-0.1, -0.05) is 0 Å². The smallest absolute Gasteiger partial charge is 0.268 e. The van der Waals surface area contributed by atoms with E-state index in [1.165, 1.54) is 10.9 Å². The van der Waals surface area contributed by atoms with Gasteiger partial charge in [0.1, 0.15) is 11.0 Å². The van der Waals surface area contributed by atoms with Crippen molar-refractivity contribution in [3.05, 3.63) is 26.8 Å². The molecule has 1 amide bonds. The number of aryl methyl sites for hydroxylation is 1. The average molecular weight is 318 g/mol. The van der Waals surface area contributed by atoms with Gasteiger partial charge in [0.15, 0.2) is 0 Å². The van der Waals surface area contributed by atoms with Crippen molar-refractivity contribution < 1.29 is 9.53 Å². The van der Waals surface area contributed by atoms with Crippen molar-refractivity contribution in [2.75, 3.05) is 20.3 Å². The summed E-state index contributed by atoms with van der Waals surface area (Å²) in [6.45, 7) is 2.82. The lowest BCUT2D eigenvalue weighted by Crippen LogP contribution is -2.33. The number of rotatable bonds is 6. The highest BCUT2D eigenvalue weighted by atomic mass is 79.9. The quantitative estimate of drug-likeness (QED) is 0.774. The number of carbonyl (C=O) groups is 1. The molecular formula is C11H16BrN3O3. The number of carbonyl (C=O) groups excluding carboxylic acids is 1. The Morgan fingerprint density at radius 1 is 1.61 bits per heavy atom. The van der Waals surface area contributed by atoms with Gasteiger partial charge >= 0.3 is 0 Å². The van der Waals surface area contributed by atoms with E-state index in [0.29, 0.717) is 23.3 Å². The van der Waals surface area contributed by atoms with Crippen LogP contribution >= 0.6 is 15.9 Å². The Labute approximate surface area is 113 Å². The molecule has 0 atom stereocenters. The van der Waals surface area contributed by atoms with Crippen LogP contribution in [0.3, 0.4) is 0 Å². The lowest BCUT2D eigenvalue weighted by atomic mass is 10.4. The van der Waals surface area contributed by atoms with E-state index in [1.54, 1.807) is 14.0 Å². The van der Waals surface area contributed by atoms with Crippen LogP contribution in [0.1, 0.15) is 12.1 Å². The standard InChI is InChI=1S/C11H16BrN3O3/c1-8-10(12)11(17)15(7-14-8)6-9(16)13-4-3-5-18-2/h7H,3-6H2,1-2H3,(H,13,16). The zero-order chi connectivity index (χ0) is 13.5. The second-order valence-electron chi connectivity index (χ2n) is 3.77. The van der Waals surface area contributed by atoms with Gasteiger partial charge in [-0.25, -0.2) is 4.98 Å². The van der Waals surface area contributed by atoms with Crippen molar-refractivity contribution in [1.82, 2.24) is 14.9 Å². The summed E-state index contributed by atoms with van der Waals surface area (Å²) in [5.74, 6) is -0.217. The van der Waals surface area contributed by atoms with Gasteiger partial charge in [0.2, 0.25) is 5.91 Å². The van der Waals surface area contributed by atoms with Gasteiger partial charge in [0, 0.05) is 20.3 Å². The first-order valence-corrected chi connectivity index (χ1v) is 6.32. The molecule has 6 nitrogen and oxygen atoms in total. The van der Waals surface area contributed by atoms with Gasteiger partial charge < -0.3 is 10.1 Å². The summed E-state index contributed by atoms with van der Waals surface area (Å²) < 4.78 is 6.52. The van der Waals surface area contributed by atoms with Gasteiger partial charge in [0.25, 0.3) is 5.56 Å². The van der Waals surface area contributed by atoms with Gasteiger partial charge in [-0.2, -0.15) is 0 Å². The fraction of sp³-hybridized carbons (Fsp3) is 0.545. The van der Waals surface area contributed by atoms with Crippen LogP contribution in [0.2, 0.25) is 0 Å². The molecule has 0 aliphatic rings. The molecule has 0 aliphatic carbocycles. The third kappa shape index (κ3) is 4.23. The highest BCUT2D eigenvalue weighted by Crippen LogP contribution is 2.05. The van der Waals surface area contributed by atoms with E-state index >= 15 is 0 Å². The molecule has 0 aliphatic heterocycles. The number of halogens is 1. The summed E-state index contributed by atoms with van der Waals surface area (Å²) in [5.41, 5.74) is 0.353.